The first-order valence-electron chi connectivity index (χ1n) is 10.5. The van der Waals surface area contributed by atoms with Crippen LogP contribution in [0, 0.1) is 0 Å². The Kier molecular flexibility index (Phi) is 4.93. The number of oxazole rings is 1. The molecule has 4 aromatic rings. The van der Waals surface area contributed by atoms with Crippen molar-refractivity contribution in [1.82, 2.24) is 9.88 Å². The number of para-hydroxylation sites is 2. The van der Waals surface area contributed by atoms with Gasteiger partial charge in [-0.1, -0.05) is 36.4 Å². The summed E-state index contributed by atoms with van der Waals surface area (Å²) in [6.07, 6.45) is -0.278. The fourth-order valence-electron chi connectivity index (χ4n) is 4.04. The molecule has 7 nitrogen and oxygen atoms in total. The first-order chi connectivity index (χ1) is 15.5. The smallest absolute Gasteiger partial charge is 0.306 e. The van der Waals surface area contributed by atoms with Crippen LogP contribution in [0.2, 0.25) is 0 Å². The molecule has 1 aliphatic rings. The molecular weight excluding hydrogens is 408 g/mol. The van der Waals surface area contributed by atoms with E-state index in [1.54, 1.807) is 37.3 Å². The number of aromatic nitrogens is 1. The van der Waals surface area contributed by atoms with Crippen LogP contribution < -0.4 is 0 Å². The van der Waals surface area contributed by atoms with Gasteiger partial charge in [-0.15, -0.1) is 0 Å². The number of ether oxygens (including phenoxy) is 1. The van der Waals surface area contributed by atoms with Crippen LogP contribution in [0.15, 0.2) is 65.1 Å². The molecular formula is C25H20N2O5. The van der Waals surface area contributed by atoms with Crippen molar-refractivity contribution in [3.8, 4) is 0 Å². The van der Waals surface area contributed by atoms with E-state index in [-0.39, 0.29) is 24.8 Å². The van der Waals surface area contributed by atoms with Crippen molar-refractivity contribution >= 4 is 39.7 Å². The lowest BCUT2D eigenvalue weighted by Gasteiger charge is -2.27. The predicted molar refractivity (Wildman–Crippen MR) is 117 cm³/mol. The van der Waals surface area contributed by atoms with Crippen LogP contribution >= 0.6 is 0 Å². The minimum Gasteiger partial charge on any atom is -0.453 e. The van der Waals surface area contributed by atoms with Gasteiger partial charge in [0.2, 0.25) is 5.89 Å². The van der Waals surface area contributed by atoms with E-state index in [0.717, 1.165) is 5.39 Å². The summed E-state index contributed by atoms with van der Waals surface area (Å²) in [6.45, 7) is 1.83. The molecule has 0 unspecified atom stereocenters. The van der Waals surface area contributed by atoms with Crippen LogP contribution in [0.25, 0.3) is 21.9 Å². The fraction of sp³-hybridized carbons (Fsp3) is 0.200. The number of imide groups is 1. The largest absolute Gasteiger partial charge is 0.453 e. The molecule has 2 amide bonds. The van der Waals surface area contributed by atoms with E-state index in [9.17, 15) is 14.4 Å². The monoisotopic (exact) mass is 428 g/mol. The Morgan fingerprint density at radius 2 is 1.69 bits per heavy atom. The number of benzene rings is 3. The average molecular weight is 428 g/mol. The number of hydrogen-bond acceptors (Lipinski definition) is 6. The Morgan fingerprint density at radius 3 is 2.38 bits per heavy atom. The maximum atomic E-state index is 12.9. The van der Waals surface area contributed by atoms with Gasteiger partial charge in [0.05, 0.1) is 0 Å². The molecule has 0 radical (unpaired) electrons. The van der Waals surface area contributed by atoms with Crippen LogP contribution in [-0.2, 0) is 9.53 Å². The van der Waals surface area contributed by atoms with E-state index in [0.29, 0.717) is 39.9 Å². The van der Waals surface area contributed by atoms with Gasteiger partial charge in [-0.25, -0.2) is 4.98 Å². The molecule has 1 aromatic heterocycles. The summed E-state index contributed by atoms with van der Waals surface area (Å²) in [6, 6.07) is 18.1. The number of fused-ring (bicyclic) bond motifs is 1. The number of esters is 1. The molecule has 32 heavy (non-hydrogen) atoms. The van der Waals surface area contributed by atoms with Gasteiger partial charge in [0.25, 0.3) is 11.8 Å². The van der Waals surface area contributed by atoms with Gasteiger partial charge in [-0.3, -0.25) is 19.3 Å². The maximum Gasteiger partial charge on any atom is 0.306 e. The highest BCUT2D eigenvalue weighted by Gasteiger charge is 2.32. The Balaban J connectivity index is 1.22. The van der Waals surface area contributed by atoms with E-state index in [2.05, 4.69) is 4.98 Å². The first kappa shape index (κ1) is 19.9. The van der Waals surface area contributed by atoms with E-state index in [1.807, 2.05) is 30.3 Å². The Hall–Kier alpha value is -4.00. The second kappa shape index (κ2) is 7.92. The Morgan fingerprint density at radius 1 is 1.00 bits per heavy atom. The van der Waals surface area contributed by atoms with Crippen molar-refractivity contribution in [2.24, 2.45) is 0 Å². The van der Waals surface area contributed by atoms with Crippen molar-refractivity contribution in [3.05, 3.63) is 77.7 Å². The van der Waals surface area contributed by atoms with Crippen molar-refractivity contribution in [1.29, 1.82) is 0 Å². The van der Waals surface area contributed by atoms with Crippen molar-refractivity contribution in [2.75, 3.05) is 6.54 Å². The lowest BCUT2D eigenvalue weighted by molar-refractivity contribution is -0.149. The third-order valence-corrected chi connectivity index (χ3v) is 5.58. The zero-order valence-electron chi connectivity index (χ0n) is 17.4. The van der Waals surface area contributed by atoms with Crippen LogP contribution in [0.4, 0.5) is 0 Å². The van der Waals surface area contributed by atoms with Gasteiger partial charge in [0.1, 0.15) is 5.52 Å². The molecule has 2 heterocycles. The van der Waals surface area contributed by atoms with Crippen molar-refractivity contribution < 1.29 is 23.5 Å². The van der Waals surface area contributed by atoms with Gasteiger partial charge < -0.3 is 9.15 Å². The van der Waals surface area contributed by atoms with E-state index in [1.165, 1.54) is 4.90 Å². The summed E-state index contributed by atoms with van der Waals surface area (Å²) in [4.78, 5) is 43.7. The SMILES string of the molecule is C[C@H](OC(=O)CCCN1C(=O)c2cccc3cccc(c23)C1=O)c1nc2ccccc2o1. The van der Waals surface area contributed by atoms with Gasteiger partial charge in [-0.05, 0) is 43.0 Å². The molecule has 0 saturated heterocycles. The zero-order chi connectivity index (χ0) is 22.2. The molecule has 0 fully saturated rings. The molecule has 1 aliphatic heterocycles. The number of carbonyl (C=O) groups excluding carboxylic acids is 3. The Bertz CT molecular complexity index is 1290. The highest BCUT2D eigenvalue weighted by molar-refractivity contribution is 6.25. The van der Waals surface area contributed by atoms with Crippen LogP contribution in [0.5, 0.6) is 0 Å². The number of rotatable bonds is 6. The Labute approximate surface area is 183 Å². The van der Waals surface area contributed by atoms with Crippen LogP contribution in [-0.4, -0.2) is 34.2 Å². The van der Waals surface area contributed by atoms with Crippen molar-refractivity contribution in [3.63, 3.8) is 0 Å². The maximum absolute atomic E-state index is 12.9. The van der Waals surface area contributed by atoms with Crippen molar-refractivity contribution in [2.45, 2.75) is 25.9 Å². The molecule has 0 bridgehead atoms. The minimum atomic E-state index is -0.641. The lowest BCUT2D eigenvalue weighted by atomic mass is 9.94. The second-order valence-corrected chi connectivity index (χ2v) is 7.73. The molecule has 5 rings (SSSR count). The normalized spacial score (nSPS) is 14.2. The first-order valence-corrected chi connectivity index (χ1v) is 10.5. The van der Waals surface area contributed by atoms with Gasteiger partial charge >= 0.3 is 5.97 Å². The van der Waals surface area contributed by atoms with Crippen LogP contribution in [0.1, 0.15) is 52.5 Å². The van der Waals surface area contributed by atoms with Gasteiger partial charge in [-0.2, -0.15) is 0 Å². The van der Waals surface area contributed by atoms with Gasteiger partial charge in [0.15, 0.2) is 11.7 Å². The summed E-state index contributed by atoms with van der Waals surface area (Å²) >= 11 is 0. The quantitative estimate of drug-likeness (QED) is 0.328. The third-order valence-electron chi connectivity index (χ3n) is 5.58. The average Bonchev–Trinajstić information content (AvgIpc) is 3.24. The summed E-state index contributed by atoms with van der Waals surface area (Å²) in [7, 11) is 0. The number of hydrogen-bond donors (Lipinski definition) is 0. The molecule has 0 aliphatic carbocycles. The molecule has 3 aromatic carbocycles. The van der Waals surface area contributed by atoms with E-state index in [4.69, 9.17) is 9.15 Å². The second-order valence-electron chi connectivity index (χ2n) is 7.73. The third kappa shape index (κ3) is 3.41. The summed E-state index contributed by atoms with van der Waals surface area (Å²) < 4.78 is 11.1. The van der Waals surface area contributed by atoms with Gasteiger partial charge in [0, 0.05) is 29.5 Å². The van der Waals surface area contributed by atoms with E-state index >= 15 is 0 Å². The molecule has 0 spiro atoms. The lowest BCUT2D eigenvalue weighted by Crippen LogP contribution is -2.41. The van der Waals surface area contributed by atoms with Crippen LogP contribution in [0.3, 0.4) is 0 Å². The topological polar surface area (TPSA) is 89.7 Å². The highest BCUT2D eigenvalue weighted by Crippen LogP contribution is 2.30. The summed E-state index contributed by atoms with van der Waals surface area (Å²) in [5, 5.41) is 1.55. The molecule has 1 atom stereocenters. The molecule has 0 saturated carbocycles. The summed E-state index contributed by atoms with van der Waals surface area (Å²) in [5.41, 5.74) is 2.33. The minimum absolute atomic E-state index is 0.0630. The molecule has 160 valence electrons. The number of carbonyl (C=O) groups is 3. The fourth-order valence-corrected chi connectivity index (χ4v) is 4.04. The molecule has 7 heteroatoms. The zero-order valence-corrected chi connectivity index (χ0v) is 17.4. The predicted octanol–water partition coefficient (Wildman–Crippen LogP) is 4.66. The van der Waals surface area contributed by atoms with E-state index < -0.39 is 12.1 Å². The number of amides is 2. The molecule has 0 N–H and O–H groups in total. The summed E-state index contributed by atoms with van der Waals surface area (Å²) in [5.74, 6) is -0.801. The highest BCUT2D eigenvalue weighted by atomic mass is 16.6. The number of nitrogens with zero attached hydrogens (tertiary/aromatic N) is 2. The standard InChI is InChI=1S/C25H20N2O5/c1-15(23-26-19-11-2-3-12-20(19)32-23)31-21(28)13-6-14-27-24(29)17-9-4-7-16-8-5-10-18(22(16)17)25(27)30/h2-5,7-12,15H,6,13-14H2,1H3/t15-/m0/s1.